The number of carboxylic acids is 1. The van der Waals surface area contributed by atoms with Crippen LogP contribution in [-0.2, 0) is 19.0 Å². The molecule has 222 valence electrons. The van der Waals surface area contributed by atoms with Gasteiger partial charge in [-0.1, -0.05) is 13.8 Å². The standard InChI is InChI=1S/C29H47NO9/c1-27-8-5-15(37-26-24(35)22(30)23(34)20(13-31)38-26)11-14(27)3-4-19-18(27)6-9-28(2)17-7-10-29(19,28)39-25(36)16(17)12-21(32)33/h14-20,22-26,31,34-36H,3-13,30H2,1-2H3,(H,32,33)/t14-,15+,16+,17-,18+,19-,20-,22+,23-,24+,25-,26+,27+,28-,29+/m1/s1. The summed E-state index contributed by atoms with van der Waals surface area (Å²) in [5.74, 6) is 0.193. The molecule has 2 heterocycles. The Hall–Kier alpha value is -0.850. The maximum Gasteiger partial charge on any atom is 0.303 e. The molecule has 6 aliphatic rings. The van der Waals surface area contributed by atoms with Crippen LogP contribution < -0.4 is 5.73 Å². The van der Waals surface area contributed by atoms with Gasteiger partial charge in [0.15, 0.2) is 12.6 Å². The largest absolute Gasteiger partial charge is 0.481 e. The molecule has 0 spiro atoms. The summed E-state index contributed by atoms with van der Waals surface area (Å²) in [7, 11) is 0. The van der Waals surface area contributed by atoms with Crippen LogP contribution in [0, 0.1) is 40.4 Å². The van der Waals surface area contributed by atoms with Crippen molar-refractivity contribution in [3.63, 3.8) is 0 Å². The number of aliphatic hydroxyl groups is 4. The molecule has 4 aliphatic carbocycles. The molecule has 2 aliphatic heterocycles. The summed E-state index contributed by atoms with van der Waals surface area (Å²) in [5.41, 5.74) is 5.59. The second-order valence-electron chi connectivity index (χ2n) is 14.1. The van der Waals surface area contributed by atoms with E-state index in [-0.39, 0.29) is 35.2 Å². The van der Waals surface area contributed by atoms with Gasteiger partial charge in [0, 0.05) is 11.3 Å². The Morgan fingerprint density at radius 1 is 0.974 bits per heavy atom. The Morgan fingerprint density at radius 2 is 1.72 bits per heavy atom. The van der Waals surface area contributed by atoms with Crippen molar-refractivity contribution in [1.29, 1.82) is 0 Å². The van der Waals surface area contributed by atoms with Gasteiger partial charge in [0.05, 0.1) is 30.8 Å². The van der Waals surface area contributed by atoms with Gasteiger partial charge in [0.25, 0.3) is 0 Å². The van der Waals surface area contributed by atoms with Gasteiger partial charge in [-0.25, -0.2) is 0 Å². The number of nitrogens with two attached hydrogens (primary N) is 1. The first-order valence-corrected chi connectivity index (χ1v) is 15.1. The minimum Gasteiger partial charge on any atom is -0.481 e. The minimum absolute atomic E-state index is 0.0465. The summed E-state index contributed by atoms with van der Waals surface area (Å²) in [5, 5.41) is 50.9. The van der Waals surface area contributed by atoms with Crippen LogP contribution in [0.15, 0.2) is 0 Å². The smallest absolute Gasteiger partial charge is 0.303 e. The van der Waals surface area contributed by atoms with Crippen molar-refractivity contribution >= 4 is 5.97 Å². The second-order valence-corrected chi connectivity index (χ2v) is 14.1. The lowest BCUT2D eigenvalue weighted by molar-refractivity contribution is -0.334. The third kappa shape index (κ3) is 4.07. The number of hydrogen-bond donors (Lipinski definition) is 6. The van der Waals surface area contributed by atoms with E-state index in [9.17, 15) is 30.3 Å². The zero-order chi connectivity index (χ0) is 27.9. The number of aliphatic hydroxyl groups excluding tert-OH is 4. The monoisotopic (exact) mass is 553 g/mol. The summed E-state index contributed by atoms with van der Waals surface area (Å²) < 4.78 is 18.6. The molecule has 10 heteroatoms. The van der Waals surface area contributed by atoms with Crippen LogP contribution in [0.3, 0.4) is 0 Å². The molecule has 0 aromatic heterocycles. The zero-order valence-corrected chi connectivity index (χ0v) is 23.2. The van der Waals surface area contributed by atoms with Crippen LogP contribution >= 0.6 is 0 Å². The Morgan fingerprint density at radius 3 is 2.44 bits per heavy atom. The topological polar surface area (TPSA) is 172 Å². The first kappa shape index (κ1) is 28.3. The van der Waals surface area contributed by atoms with Gasteiger partial charge in [0.2, 0.25) is 0 Å². The number of ether oxygens (including phenoxy) is 3. The molecule has 0 amide bonds. The van der Waals surface area contributed by atoms with E-state index < -0.39 is 55.1 Å². The molecule has 0 unspecified atom stereocenters. The van der Waals surface area contributed by atoms with Gasteiger partial charge in [-0.15, -0.1) is 0 Å². The molecular formula is C29H47NO9. The highest BCUT2D eigenvalue weighted by molar-refractivity contribution is 5.67. The first-order chi connectivity index (χ1) is 18.4. The van der Waals surface area contributed by atoms with Gasteiger partial charge in [-0.2, -0.15) is 0 Å². The van der Waals surface area contributed by atoms with E-state index in [0.717, 1.165) is 57.8 Å². The molecule has 6 fully saturated rings. The number of rotatable bonds is 5. The molecule has 2 bridgehead atoms. The number of hydrogen-bond acceptors (Lipinski definition) is 9. The van der Waals surface area contributed by atoms with Crippen LogP contribution in [0.1, 0.15) is 78.1 Å². The number of carboxylic acid groups (broad SMARTS) is 1. The molecular weight excluding hydrogens is 506 g/mol. The number of aliphatic carboxylic acids is 1. The molecule has 0 radical (unpaired) electrons. The Labute approximate surface area is 230 Å². The SMILES string of the molecule is C[C@]12CC[C@H](O[C@H]3O[C@H](CO)[C@@H](O)[C@H](N)[C@@H]3O)C[C@H]1CC[C@@H]1[C@@H]2CC[C@]2(C)[C@@H]3CC[C@]12O[C@@H](O)[C@H]3CC(=O)O. The fourth-order valence-corrected chi connectivity index (χ4v) is 10.7. The van der Waals surface area contributed by atoms with E-state index in [2.05, 4.69) is 13.8 Å². The van der Waals surface area contributed by atoms with Gasteiger partial charge in [-0.3, -0.25) is 4.79 Å². The Kier molecular flexibility index (Phi) is 7.15. The Bertz CT molecular complexity index is 950. The van der Waals surface area contributed by atoms with Crippen molar-refractivity contribution in [2.75, 3.05) is 6.61 Å². The summed E-state index contributed by atoms with van der Waals surface area (Å²) in [6.45, 7) is 4.33. The van der Waals surface area contributed by atoms with Gasteiger partial charge in [0.1, 0.15) is 18.3 Å². The molecule has 2 saturated heterocycles. The third-order valence-electron chi connectivity index (χ3n) is 12.7. The van der Waals surface area contributed by atoms with Gasteiger partial charge < -0.3 is 45.5 Å². The van der Waals surface area contributed by atoms with Crippen molar-refractivity contribution in [2.45, 2.75) is 127 Å². The average Bonchev–Trinajstić information content (AvgIpc) is 3.10. The lowest BCUT2D eigenvalue weighted by Crippen LogP contribution is -2.67. The van der Waals surface area contributed by atoms with E-state index >= 15 is 0 Å². The Balaban J connectivity index is 1.17. The molecule has 4 saturated carbocycles. The maximum atomic E-state index is 11.6. The molecule has 10 nitrogen and oxygen atoms in total. The van der Waals surface area contributed by atoms with E-state index in [1.54, 1.807) is 0 Å². The van der Waals surface area contributed by atoms with Crippen molar-refractivity contribution in [3.05, 3.63) is 0 Å². The summed E-state index contributed by atoms with van der Waals surface area (Å²) in [6.07, 6.45) is 3.23. The van der Waals surface area contributed by atoms with E-state index in [0.29, 0.717) is 17.8 Å². The fraction of sp³-hybridized carbons (Fsp3) is 0.966. The van der Waals surface area contributed by atoms with Crippen molar-refractivity contribution in [1.82, 2.24) is 0 Å². The van der Waals surface area contributed by atoms with Crippen molar-refractivity contribution in [3.8, 4) is 0 Å². The molecule has 15 atom stereocenters. The lowest BCUT2D eigenvalue weighted by Gasteiger charge is -2.67. The van der Waals surface area contributed by atoms with Crippen molar-refractivity contribution < 1.29 is 44.5 Å². The predicted octanol–water partition coefficient (Wildman–Crippen LogP) is 1.36. The third-order valence-corrected chi connectivity index (χ3v) is 12.7. The van der Waals surface area contributed by atoms with Crippen molar-refractivity contribution in [2.24, 2.45) is 46.2 Å². The van der Waals surface area contributed by atoms with E-state index in [4.69, 9.17) is 19.9 Å². The number of carbonyl (C=O) groups is 1. The molecule has 7 N–H and O–H groups in total. The highest BCUT2D eigenvalue weighted by Crippen LogP contribution is 2.73. The highest BCUT2D eigenvalue weighted by atomic mass is 16.7. The predicted molar refractivity (Wildman–Crippen MR) is 138 cm³/mol. The van der Waals surface area contributed by atoms with E-state index in [1.165, 1.54) is 0 Å². The lowest BCUT2D eigenvalue weighted by atomic mass is 9.42. The quantitative estimate of drug-likeness (QED) is 0.273. The highest BCUT2D eigenvalue weighted by Gasteiger charge is 2.72. The number of fused-ring (bicyclic) bond motifs is 3. The molecule has 39 heavy (non-hydrogen) atoms. The first-order valence-electron chi connectivity index (χ1n) is 15.1. The average molecular weight is 554 g/mol. The van der Waals surface area contributed by atoms with Crippen LogP contribution in [0.5, 0.6) is 0 Å². The normalized spacial score (nSPS) is 56.8. The van der Waals surface area contributed by atoms with Crippen LogP contribution in [0.25, 0.3) is 0 Å². The summed E-state index contributed by atoms with van der Waals surface area (Å²) in [4.78, 5) is 11.6. The summed E-state index contributed by atoms with van der Waals surface area (Å²) >= 11 is 0. The molecule has 6 rings (SSSR count). The van der Waals surface area contributed by atoms with Crippen LogP contribution in [0.4, 0.5) is 0 Å². The van der Waals surface area contributed by atoms with Crippen LogP contribution in [0.2, 0.25) is 0 Å². The summed E-state index contributed by atoms with van der Waals surface area (Å²) in [6, 6.07) is -0.947. The zero-order valence-electron chi connectivity index (χ0n) is 23.2. The van der Waals surface area contributed by atoms with Gasteiger partial charge >= 0.3 is 5.97 Å². The maximum absolute atomic E-state index is 11.6. The fourth-order valence-electron chi connectivity index (χ4n) is 10.7. The van der Waals surface area contributed by atoms with Crippen LogP contribution in [-0.4, -0.2) is 86.7 Å². The molecule has 0 aromatic carbocycles. The molecule has 0 aromatic rings. The van der Waals surface area contributed by atoms with Gasteiger partial charge in [-0.05, 0) is 86.9 Å². The second kappa shape index (κ2) is 9.87. The van der Waals surface area contributed by atoms with E-state index in [1.807, 2.05) is 0 Å². The minimum atomic E-state index is -1.17.